The zero-order valence-electron chi connectivity index (χ0n) is 10.7. The van der Waals surface area contributed by atoms with E-state index in [1.165, 1.54) is 0 Å². The molecule has 1 N–H and O–H groups in total. The van der Waals surface area contributed by atoms with Gasteiger partial charge in [-0.25, -0.2) is 4.79 Å². The fourth-order valence-corrected chi connectivity index (χ4v) is 1.03. The highest BCUT2D eigenvalue weighted by Crippen LogP contribution is 2.08. The van der Waals surface area contributed by atoms with Crippen molar-refractivity contribution in [1.29, 1.82) is 0 Å². The minimum atomic E-state index is -1.88. The van der Waals surface area contributed by atoms with Crippen LogP contribution in [-0.2, 0) is 19.1 Å². The van der Waals surface area contributed by atoms with E-state index in [4.69, 9.17) is 15.0 Å². The van der Waals surface area contributed by atoms with Crippen molar-refractivity contribution in [2.24, 2.45) is 5.11 Å². The van der Waals surface area contributed by atoms with Crippen molar-refractivity contribution in [3.05, 3.63) is 10.4 Å². The molecule has 0 saturated carbocycles. The quantitative estimate of drug-likeness (QED) is 0.329. The molecule has 0 fully saturated rings. The molecule has 0 bridgehead atoms. The fourth-order valence-electron chi connectivity index (χ4n) is 1.03. The third-order valence-electron chi connectivity index (χ3n) is 1.66. The molecule has 0 amide bonds. The molecule has 0 spiro atoms. The molecular weight excluding hydrogens is 242 g/mol. The minimum absolute atomic E-state index is 0.456. The van der Waals surface area contributed by atoms with Gasteiger partial charge >= 0.3 is 11.9 Å². The summed E-state index contributed by atoms with van der Waals surface area (Å²) in [5.74, 6) is -2.01. The molecule has 0 aromatic rings. The lowest BCUT2D eigenvalue weighted by molar-refractivity contribution is -0.166. The largest absolute Gasteiger partial charge is 0.463 e. The molecule has 0 aromatic heterocycles. The van der Waals surface area contributed by atoms with Gasteiger partial charge in [-0.2, -0.15) is 0 Å². The van der Waals surface area contributed by atoms with Crippen LogP contribution in [0.2, 0.25) is 0 Å². The molecular formula is C10H17N3O5. The summed E-state index contributed by atoms with van der Waals surface area (Å²) >= 11 is 0. The summed E-state index contributed by atoms with van der Waals surface area (Å²) in [6.07, 6.45) is -2.79. The third-order valence-corrected chi connectivity index (χ3v) is 1.66. The monoisotopic (exact) mass is 259 g/mol. The number of hydrogen-bond donors (Lipinski definition) is 1. The van der Waals surface area contributed by atoms with Crippen molar-refractivity contribution in [1.82, 2.24) is 0 Å². The van der Waals surface area contributed by atoms with E-state index in [1.54, 1.807) is 27.7 Å². The van der Waals surface area contributed by atoms with Crippen LogP contribution in [0.1, 0.15) is 27.7 Å². The van der Waals surface area contributed by atoms with Gasteiger partial charge in [0.25, 0.3) is 0 Å². The van der Waals surface area contributed by atoms with Crippen molar-refractivity contribution in [3.8, 4) is 0 Å². The molecule has 0 aliphatic heterocycles. The molecule has 0 aliphatic rings. The van der Waals surface area contributed by atoms with E-state index in [9.17, 15) is 14.7 Å². The van der Waals surface area contributed by atoms with E-state index < -0.39 is 36.3 Å². The SMILES string of the molecule is CC(C)OC(=O)[C@@H](N=[N+]=[N-])[C@@H](O)C(=O)OC(C)C. The van der Waals surface area contributed by atoms with Crippen molar-refractivity contribution < 1.29 is 24.2 Å². The second-order valence-corrected chi connectivity index (χ2v) is 4.07. The van der Waals surface area contributed by atoms with Crippen LogP contribution in [0, 0.1) is 0 Å². The standard InChI is InChI=1S/C10H17N3O5/c1-5(2)17-9(15)7(12-13-11)8(14)10(16)18-6(3)4/h5-8,14H,1-4H3/t7-,8+/m0/s1. The fraction of sp³-hybridized carbons (Fsp3) is 0.800. The third kappa shape index (κ3) is 5.51. The van der Waals surface area contributed by atoms with Crippen LogP contribution in [0.4, 0.5) is 0 Å². The average molecular weight is 259 g/mol. The number of azide groups is 1. The molecule has 2 atom stereocenters. The molecule has 0 heterocycles. The van der Waals surface area contributed by atoms with Crippen LogP contribution >= 0.6 is 0 Å². The van der Waals surface area contributed by atoms with E-state index in [0.717, 1.165) is 0 Å². The first-order valence-corrected chi connectivity index (χ1v) is 5.42. The summed E-state index contributed by atoms with van der Waals surface area (Å²) in [4.78, 5) is 25.3. The normalized spacial score (nSPS) is 13.7. The Hall–Kier alpha value is -1.79. The average Bonchev–Trinajstić information content (AvgIpc) is 2.22. The first-order chi connectivity index (χ1) is 8.29. The van der Waals surface area contributed by atoms with Crippen LogP contribution < -0.4 is 0 Å². The molecule has 0 saturated heterocycles. The maximum Gasteiger partial charge on any atom is 0.336 e. The lowest BCUT2D eigenvalue weighted by Crippen LogP contribution is -2.41. The molecule has 0 aliphatic carbocycles. The molecule has 0 aromatic carbocycles. The smallest absolute Gasteiger partial charge is 0.336 e. The zero-order chi connectivity index (χ0) is 14.3. The van der Waals surface area contributed by atoms with Gasteiger partial charge in [-0.05, 0) is 33.2 Å². The van der Waals surface area contributed by atoms with Gasteiger partial charge in [0.05, 0.1) is 12.2 Å². The van der Waals surface area contributed by atoms with Crippen molar-refractivity contribution in [2.75, 3.05) is 0 Å². The number of aliphatic hydroxyl groups is 1. The number of nitrogens with zero attached hydrogens (tertiary/aromatic N) is 3. The van der Waals surface area contributed by atoms with Gasteiger partial charge < -0.3 is 14.6 Å². The maximum absolute atomic E-state index is 11.5. The molecule has 8 nitrogen and oxygen atoms in total. The van der Waals surface area contributed by atoms with Crippen LogP contribution in [0.5, 0.6) is 0 Å². The van der Waals surface area contributed by atoms with E-state index in [0.29, 0.717) is 0 Å². The summed E-state index contributed by atoms with van der Waals surface area (Å²) in [7, 11) is 0. The van der Waals surface area contributed by atoms with Crippen LogP contribution in [0.15, 0.2) is 5.11 Å². The van der Waals surface area contributed by atoms with Gasteiger partial charge in [0.1, 0.15) is 0 Å². The van der Waals surface area contributed by atoms with Gasteiger partial charge in [-0.1, -0.05) is 5.11 Å². The van der Waals surface area contributed by atoms with Crippen LogP contribution in [0.3, 0.4) is 0 Å². The highest BCUT2D eigenvalue weighted by molar-refractivity contribution is 5.86. The summed E-state index contributed by atoms with van der Waals surface area (Å²) in [5, 5.41) is 12.7. The number of carbonyl (C=O) groups is 2. The zero-order valence-corrected chi connectivity index (χ0v) is 10.7. The Morgan fingerprint density at radius 2 is 1.56 bits per heavy atom. The predicted octanol–water partition coefficient (Wildman–Crippen LogP) is 0.929. The molecule has 8 heteroatoms. The molecule has 18 heavy (non-hydrogen) atoms. The highest BCUT2D eigenvalue weighted by atomic mass is 16.6. The molecule has 0 radical (unpaired) electrons. The van der Waals surface area contributed by atoms with E-state index in [2.05, 4.69) is 10.0 Å². The Morgan fingerprint density at radius 3 is 1.94 bits per heavy atom. The first-order valence-electron chi connectivity index (χ1n) is 5.42. The van der Waals surface area contributed by atoms with Crippen LogP contribution in [0.25, 0.3) is 10.4 Å². The molecule has 102 valence electrons. The van der Waals surface area contributed by atoms with Gasteiger partial charge in [0.2, 0.25) is 0 Å². The Labute approximate surface area is 105 Å². The molecule has 0 rings (SSSR count). The summed E-state index contributed by atoms with van der Waals surface area (Å²) in [5.41, 5.74) is 8.32. The van der Waals surface area contributed by atoms with E-state index >= 15 is 0 Å². The minimum Gasteiger partial charge on any atom is -0.463 e. The number of carbonyl (C=O) groups excluding carboxylic acids is 2. The highest BCUT2D eigenvalue weighted by Gasteiger charge is 2.34. The van der Waals surface area contributed by atoms with Crippen molar-refractivity contribution in [3.63, 3.8) is 0 Å². The number of aliphatic hydroxyl groups excluding tert-OH is 1. The Bertz CT molecular complexity index is 349. The van der Waals surface area contributed by atoms with E-state index in [-0.39, 0.29) is 0 Å². The second-order valence-electron chi connectivity index (χ2n) is 4.07. The van der Waals surface area contributed by atoms with Crippen molar-refractivity contribution >= 4 is 11.9 Å². The van der Waals surface area contributed by atoms with Crippen molar-refractivity contribution in [2.45, 2.75) is 52.0 Å². The lowest BCUT2D eigenvalue weighted by atomic mass is 10.1. The Kier molecular flexibility index (Phi) is 6.77. The second kappa shape index (κ2) is 7.52. The number of hydrogen-bond acceptors (Lipinski definition) is 6. The Morgan fingerprint density at radius 1 is 1.11 bits per heavy atom. The summed E-state index contributed by atoms with van der Waals surface area (Å²) in [6, 6.07) is -1.65. The summed E-state index contributed by atoms with van der Waals surface area (Å²) < 4.78 is 9.48. The van der Waals surface area contributed by atoms with Gasteiger partial charge in [-0.3, -0.25) is 4.79 Å². The van der Waals surface area contributed by atoms with Gasteiger partial charge in [0.15, 0.2) is 12.1 Å². The van der Waals surface area contributed by atoms with Crippen LogP contribution in [-0.4, -0.2) is 41.4 Å². The Balaban J connectivity index is 4.83. The number of esters is 2. The predicted molar refractivity (Wildman–Crippen MR) is 61.4 cm³/mol. The number of ether oxygens (including phenoxy) is 2. The molecule has 0 unspecified atom stereocenters. The van der Waals surface area contributed by atoms with Gasteiger partial charge in [0, 0.05) is 4.91 Å². The maximum atomic E-state index is 11.5. The van der Waals surface area contributed by atoms with E-state index in [1.807, 2.05) is 0 Å². The first kappa shape index (κ1) is 16.2. The summed E-state index contributed by atoms with van der Waals surface area (Å²) in [6.45, 7) is 6.34. The lowest BCUT2D eigenvalue weighted by Gasteiger charge is -2.18. The number of rotatable bonds is 6. The van der Waals surface area contributed by atoms with Gasteiger partial charge in [-0.15, -0.1) is 0 Å². The topological polar surface area (TPSA) is 122 Å².